The standard InChI is InChI=1S/C22H27N5O4/c1-6-10-26-20(28)18-19(24(3)22(26)29)23-21-25(14(2)13-27(18)21)11-9-15-7-8-16(30-4)17(12-15)31-5/h7-8,12-13H,6,9-11H2,1-5H3. The molecule has 4 rings (SSSR count). The maximum Gasteiger partial charge on any atom is 0.332 e. The molecule has 9 heteroatoms. The third-order valence-corrected chi connectivity index (χ3v) is 5.66. The normalized spacial score (nSPS) is 11.5. The summed E-state index contributed by atoms with van der Waals surface area (Å²) in [6.07, 6.45) is 3.35. The van der Waals surface area contributed by atoms with E-state index in [0.717, 1.165) is 17.7 Å². The van der Waals surface area contributed by atoms with Crippen molar-refractivity contribution in [3.05, 3.63) is 56.5 Å². The first-order chi connectivity index (χ1) is 14.9. The summed E-state index contributed by atoms with van der Waals surface area (Å²) >= 11 is 0. The van der Waals surface area contributed by atoms with Gasteiger partial charge in [0.05, 0.1) is 14.2 Å². The lowest BCUT2D eigenvalue weighted by atomic mass is 10.1. The number of nitrogens with zero attached hydrogens (tertiary/aromatic N) is 5. The molecule has 31 heavy (non-hydrogen) atoms. The maximum absolute atomic E-state index is 13.1. The number of aryl methyl sites for hydroxylation is 4. The fourth-order valence-corrected chi connectivity index (χ4v) is 4.03. The van der Waals surface area contributed by atoms with Gasteiger partial charge in [0.1, 0.15) is 0 Å². The molecule has 3 heterocycles. The van der Waals surface area contributed by atoms with Crippen LogP contribution in [0.1, 0.15) is 24.6 Å². The van der Waals surface area contributed by atoms with Gasteiger partial charge in [0.25, 0.3) is 5.56 Å². The van der Waals surface area contributed by atoms with Crippen molar-refractivity contribution >= 4 is 16.9 Å². The Hall–Kier alpha value is -3.49. The van der Waals surface area contributed by atoms with Crippen molar-refractivity contribution in [3.63, 3.8) is 0 Å². The van der Waals surface area contributed by atoms with Gasteiger partial charge in [0.2, 0.25) is 5.78 Å². The van der Waals surface area contributed by atoms with E-state index in [-0.39, 0.29) is 11.2 Å². The van der Waals surface area contributed by atoms with E-state index in [0.29, 0.717) is 48.0 Å². The topological polar surface area (TPSA) is 84.7 Å². The minimum Gasteiger partial charge on any atom is -0.493 e. The second-order valence-corrected chi connectivity index (χ2v) is 7.61. The lowest BCUT2D eigenvalue weighted by Gasteiger charge is -2.10. The van der Waals surface area contributed by atoms with Crippen molar-refractivity contribution < 1.29 is 9.47 Å². The molecule has 0 amide bonds. The quantitative estimate of drug-likeness (QED) is 0.453. The molecule has 0 atom stereocenters. The Morgan fingerprint density at radius 3 is 2.45 bits per heavy atom. The fraction of sp³-hybridized carbons (Fsp3) is 0.409. The van der Waals surface area contributed by atoms with Crippen LogP contribution in [0, 0.1) is 6.92 Å². The number of hydrogen-bond acceptors (Lipinski definition) is 5. The molecule has 0 bridgehead atoms. The summed E-state index contributed by atoms with van der Waals surface area (Å²) in [4.78, 5) is 30.3. The summed E-state index contributed by atoms with van der Waals surface area (Å²) in [7, 11) is 4.89. The van der Waals surface area contributed by atoms with Crippen LogP contribution in [0.4, 0.5) is 0 Å². The molecule has 0 radical (unpaired) electrons. The Labute approximate surface area is 179 Å². The summed E-state index contributed by atoms with van der Waals surface area (Å²) in [6.45, 7) is 4.98. The van der Waals surface area contributed by atoms with E-state index < -0.39 is 0 Å². The minimum absolute atomic E-state index is 0.301. The second kappa shape index (κ2) is 7.98. The molecule has 3 aromatic heterocycles. The van der Waals surface area contributed by atoms with Gasteiger partial charge in [-0.3, -0.25) is 18.3 Å². The first-order valence-electron chi connectivity index (χ1n) is 10.3. The first-order valence-corrected chi connectivity index (χ1v) is 10.3. The van der Waals surface area contributed by atoms with Crippen molar-refractivity contribution in [2.45, 2.75) is 39.8 Å². The number of hydrogen-bond donors (Lipinski definition) is 0. The highest BCUT2D eigenvalue weighted by Crippen LogP contribution is 2.28. The predicted octanol–water partition coefficient (Wildman–Crippen LogP) is 2.13. The lowest BCUT2D eigenvalue weighted by molar-refractivity contribution is 0.354. The third-order valence-electron chi connectivity index (χ3n) is 5.66. The zero-order valence-electron chi connectivity index (χ0n) is 18.5. The predicted molar refractivity (Wildman–Crippen MR) is 118 cm³/mol. The summed E-state index contributed by atoms with van der Waals surface area (Å²) < 4.78 is 17.3. The fourth-order valence-electron chi connectivity index (χ4n) is 4.03. The summed E-state index contributed by atoms with van der Waals surface area (Å²) in [5.41, 5.74) is 2.27. The van der Waals surface area contributed by atoms with Crippen molar-refractivity contribution in [2.75, 3.05) is 14.2 Å². The summed E-state index contributed by atoms with van der Waals surface area (Å²) in [5, 5.41) is 0. The van der Waals surface area contributed by atoms with Crippen molar-refractivity contribution in [1.82, 2.24) is 23.1 Å². The SMILES string of the molecule is CCCn1c(=O)c2c(nc3n(CCc4ccc(OC)c(OC)c4)c(C)cn23)n(C)c1=O. The van der Waals surface area contributed by atoms with Gasteiger partial charge in [-0.25, -0.2) is 4.79 Å². The Bertz CT molecular complexity index is 1390. The summed E-state index contributed by atoms with van der Waals surface area (Å²) in [6, 6.07) is 5.86. The van der Waals surface area contributed by atoms with Crippen LogP contribution in [0.15, 0.2) is 34.0 Å². The van der Waals surface area contributed by atoms with Crippen molar-refractivity contribution in [1.29, 1.82) is 0 Å². The van der Waals surface area contributed by atoms with Crippen LogP contribution < -0.4 is 20.7 Å². The molecule has 9 nitrogen and oxygen atoms in total. The van der Waals surface area contributed by atoms with E-state index in [1.165, 1.54) is 9.13 Å². The maximum atomic E-state index is 13.1. The zero-order valence-corrected chi connectivity index (χ0v) is 18.5. The molecule has 1 aromatic carbocycles. The highest BCUT2D eigenvalue weighted by atomic mass is 16.5. The molecule has 0 fully saturated rings. The van der Waals surface area contributed by atoms with Crippen LogP contribution in [0.25, 0.3) is 16.9 Å². The van der Waals surface area contributed by atoms with E-state index in [4.69, 9.17) is 9.47 Å². The molecule has 0 N–H and O–H groups in total. The number of imidazole rings is 2. The molecule has 0 saturated heterocycles. The number of methoxy groups -OCH3 is 2. The largest absolute Gasteiger partial charge is 0.493 e. The van der Waals surface area contributed by atoms with Crippen LogP contribution in [0.5, 0.6) is 11.5 Å². The Balaban J connectivity index is 1.79. The smallest absolute Gasteiger partial charge is 0.332 e. The van der Waals surface area contributed by atoms with Crippen LogP contribution >= 0.6 is 0 Å². The highest BCUT2D eigenvalue weighted by molar-refractivity contribution is 5.75. The number of fused-ring (bicyclic) bond motifs is 3. The Morgan fingerprint density at radius 2 is 1.77 bits per heavy atom. The van der Waals surface area contributed by atoms with Crippen LogP contribution in [0.2, 0.25) is 0 Å². The van der Waals surface area contributed by atoms with Gasteiger partial charge < -0.3 is 14.0 Å². The van der Waals surface area contributed by atoms with Gasteiger partial charge in [0, 0.05) is 32.0 Å². The third kappa shape index (κ3) is 3.30. The molecule has 0 aliphatic rings. The molecule has 0 aliphatic carbocycles. The number of rotatable bonds is 7. The Kier molecular flexibility index (Phi) is 5.34. The molecule has 4 aromatic rings. The van der Waals surface area contributed by atoms with E-state index in [1.807, 2.05) is 38.2 Å². The average molecular weight is 425 g/mol. The molecular formula is C22H27N5O4. The van der Waals surface area contributed by atoms with E-state index in [1.54, 1.807) is 25.7 Å². The zero-order chi connectivity index (χ0) is 22.3. The summed E-state index contributed by atoms with van der Waals surface area (Å²) in [5.74, 6) is 2.02. The van der Waals surface area contributed by atoms with Crippen molar-refractivity contribution in [3.8, 4) is 11.5 Å². The van der Waals surface area contributed by atoms with Gasteiger partial charge in [0.15, 0.2) is 22.7 Å². The molecule has 164 valence electrons. The van der Waals surface area contributed by atoms with E-state index in [9.17, 15) is 9.59 Å². The molecular weight excluding hydrogens is 398 g/mol. The lowest BCUT2D eigenvalue weighted by Crippen LogP contribution is -2.39. The number of benzene rings is 1. The minimum atomic E-state index is -0.339. The average Bonchev–Trinajstić information content (AvgIpc) is 3.28. The van der Waals surface area contributed by atoms with Crippen LogP contribution in [-0.2, 0) is 26.6 Å². The van der Waals surface area contributed by atoms with E-state index >= 15 is 0 Å². The Morgan fingerprint density at radius 1 is 1.03 bits per heavy atom. The van der Waals surface area contributed by atoms with Crippen LogP contribution in [-0.4, -0.2) is 37.3 Å². The van der Waals surface area contributed by atoms with Gasteiger partial charge in [-0.05, 0) is 37.5 Å². The monoisotopic (exact) mass is 425 g/mol. The number of aromatic nitrogens is 5. The molecule has 0 unspecified atom stereocenters. The molecule has 0 spiro atoms. The van der Waals surface area contributed by atoms with E-state index in [2.05, 4.69) is 9.55 Å². The second-order valence-electron chi connectivity index (χ2n) is 7.61. The number of ether oxygens (including phenoxy) is 2. The highest BCUT2D eigenvalue weighted by Gasteiger charge is 2.20. The molecule has 0 saturated carbocycles. The van der Waals surface area contributed by atoms with Gasteiger partial charge in [-0.1, -0.05) is 13.0 Å². The van der Waals surface area contributed by atoms with Gasteiger partial charge in [-0.15, -0.1) is 0 Å². The van der Waals surface area contributed by atoms with Crippen LogP contribution in [0.3, 0.4) is 0 Å². The van der Waals surface area contributed by atoms with Gasteiger partial charge in [-0.2, -0.15) is 4.98 Å². The molecule has 0 aliphatic heterocycles. The van der Waals surface area contributed by atoms with Crippen molar-refractivity contribution in [2.24, 2.45) is 7.05 Å². The first kappa shape index (κ1) is 20.8. The van der Waals surface area contributed by atoms with Gasteiger partial charge >= 0.3 is 5.69 Å².